The summed E-state index contributed by atoms with van der Waals surface area (Å²) in [7, 11) is -5.77. The predicted octanol–water partition coefficient (Wildman–Crippen LogP) is 3.22. The topological polar surface area (TPSA) is 127 Å². The van der Waals surface area contributed by atoms with Gasteiger partial charge in [0.05, 0.1) is 17.4 Å². The normalized spacial score (nSPS) is 24.4. The smallest absolute Gasteiger partial charge is 0.402 e. The van der Waals surface area contributed by atoms with Gasteiger partial charge in [-0.15, -0.1) is 0 Å². The first-order valence-electron chi connectivity index (χ1n) is 8.92. The Bertz CT molecular complexity index is 1130. The van der Waals surface area contributed by atoms with E-state index in [4.69, 9.17) is 4.55 Å². The van der Waals surface area contributed by atoms with Crippen molar-refractivity contribution >= 4 is 95.7 Å². The first kappa shape index (κ1) is 26.1. The minimum Gasteiger partial charge on any atom is -0.458 e. The molecule has 2 bridgehead atoms. The molecular formula is C18H14F2I3NO7S. The quantitative estimate of drug-likeness (QED) is 0.113. The molecule has 1 aromatic rings. The number of allylic oxidation sites excluding steroid dienone is 2. The highest BCUT2D eigenvalue weighted by Gasteiger charge is 2.54. The Morgan fingerprint density at radius 1 is 1.12 bits per heavy atom. The Hall–Kier alpha value is -0.470. The van der Waals surface area contributed by atoms with Crippen molar-refractivity contribution in [3.63, 3.8) is 0 Å². The summed E-state index contributed by atoms with van der Waals surface area (Å²) in [6, 6.07) is 3.47. The van der Waals surface area contributed by atoms with Crippen LogP contribution in [0.25, 0.3) is 0 Å². The number of rotatable bonds is 6. The average molecular weight is 807 g/mol. The monoisotopic (exact) mass is 807 g/mol. The lowest BCUT2D eigenvalue weighted by molar-refractivity contribution is -0.159. The first-order chi connectivity index (χ1) is 14.7. The number of hydrogen-bond donors (Lipinski definition) is 2. The fraction of sp³-hybridized carbons (Fsp3) is 0.389. The molecule has 174 valence electrons. The van der Waals surface area contributed by atoms with Crippen LogP contribution in [0, 0.1) is 34.4 Å². The molecule has 2 amide bonds. The summed E-state index contributed by atoms with van der Waals surface area (Å²) in [6.45, 7) is -1.88. The largest absolute Gasteiger partial charge is 0.458 e. The lowest BCUT2D eigenvalue weighted by atomic mass is 9.82. The van der Waals surface area contributed by atoms with E-state index < -0.39 is 63.4 Å². The standard InChI is InChI=1S/C18H14F2I3NO7S/c19-18(20,32(28,29)30)6-31-17(27)13-8-2-1-7(3-8)12(13)16(26)24-15(25)10-4-9(21)5-11(22)14(10)23/h1-2,4-5,7-8,12-13H,3,6H2,(H,24,25,26)(H,28,29,30). The van der Waals surface area contributed by atoms with Gasteiger partial charge in [-0.2, -0.15) is 17.2 Å². The summed E-state index contributed by atoms with van der Waals surface area (Å²) in [5, 5.41) is -2.39. The molecule has 3 rings (SSSR count). The Labute approximate surface area is 222 Å². The van der Waals surface area contributed by atoms with Gasteiger partial charge in [0.1, 0.15) is 0 Å². The summed E-state index contributed by atoms with van der Waals surface area (Å²) < 4.78 is 63.6. The summed E-state index contributed by atoms with van der Waals surface area (Å²) in [4.78, 5) is 38.1. The van der Waals surface area contributed by atoms with E-state index in [0.717, 1.165) is 7.14 Å². The molecule has 0 saturated heterocycles. The van der Waals surface area contributed by atoms with Gasteiger partial charge in [-0.1, -0.05) is 12.2 Å². The Kier molecular flexibility index (Phi) is 7.88. The van der Waals surface area contributed by atoms with Crippen LogP contribution in [0.15, 0.2) is 24.3 Å². The van der Waals surface area contributed by atoms with Crippen molar-refractivity contribution in [3.05, 3.63) is 40.6 Å². The molecule has 0 spiro atoms. The van der Waals surface area contributed by atoms with Gasteiger partial charge in [-0.3, -0.25) is 24.3 Å². The average Bonchev–Trinajstić information content (AvgIpc) is 3.29. The highest BCUT2D eigenvalue weighted by atomic mass is 127. The van der Waals surface area contributed by atoms with Crippen molar-refractivity contribution in [2.24, 2.45) is 23.7 Å². The fourth-order valence-electron chi connectivity index (χ4n) is 3.81. The van der Waals surface area contributed by atoms with E-state index in [2.05, 4.69) is 32.6 Å². The van der Waals surface area contributed by atoms with E-state index in [1.165, 1.54) is 0 Å². The highest BCUT2D eigenvalue weighted by molar-refractivity contribution is 14.1. The number of alkyl halides is 2. The van der Waals surface area contributed by atoms with Gasteiger partial charge in [0, 0.05) is 10.7 Å². The molecule has 2 N–H and O–H groups in total. The number of carbonyl (C=O) groups is 3. The van der Waals surface area contributed by atoms with Gasteiger partial charge in [-0.05, 0) is 98.2 Å². The van der Waals surface area contributed by atoms with E-state index in [1.54, 1.807) is 18.2 Å². The minimum atomic E-state index is -5.77. The SMILES string of the molecule is O=C(NC(=O)C1C2C=CC(C2)C1C(=O)OCC(F)(F)S(=O)(=O)O)c1cc(I)cc(I)c1I. The fourth-order valence-corrected chi connectivity index (χ4v) is 6.42. The number of carbonyl (C=O) groups excluding carboxylic acids is 3. The molecule has 0 heterocycles. The number of fused-ring (bicyclic) bond motifs is 2. The number of benzene rings is 1. The number of ether oxygens (including phenoxy) is 1. The van der Waals surface area contributed by atoms with Gasteiger partial charge in [-0.25, -0.2) is 0 Å². The van der Waals surface area contributed by atoms with E-state index in [9.17, 15) is 31.6 Å². The van der Waals surface area contributed by atoms with Gasteiger partial charge in [0.2, 0.25) is 5.91 Å². The lowest BCUT2D eigenvalue weighted by Gasteiger charge is -2.26. The van der Waals surface area contributed by atoms with E-state index >= 15 is 0 Å². The second-order valence-corrected chi connectivity index (χ2v) is 12.3. The molecule has 2 aliphatic rings. The molecular weight excluding hydrogens is 793 g/mol. The molecule has 32 heavy (non-hydrogen) atoms. The Morgan fingerprint density at radius 2 is 1.72 bits per heavy atom. The summed E-state index contributed by atoms with van der Waals surface area (Å²) in [5.74, 6) is -5.69. The van der Waals surface area contributed by atoms with Crippen LogP contribution in [-0.4, -0.2) is 42.6 Å². The van der Waals surface area contributed by atoms with Crippen LogP contribution in [-0.2, 0) is 24.4 Å². The maximum Gasteiger partial charge on any atom is 0.402 e. The maximum absolute atomic E-state index is 13.4. The summed E-state index contributed by atoms with van der Waals surface area (Å²) in [6.07, 6.45) is 3.77. The molecule has 2 aliphatic carbocycles. The number of halogens is 5. The Morgan fingerprint density at radius 3 is 2.31 bits per heavy atom. The molecule has 14 heteroatoms. The Balaban J connectivity index is 1.76. The van der Waals surface area contributed by atoms with Crippen LogP contribution in [0.3, 0.4) is 0 Å². The van der Waals surface area contributed by atoms with Crippen LogP contribution in [0.2, 0.25) is 0 Å². The van der Waals surface area contributed by atoms with Crippen LogP contribution in [0.1, 0.15) is 16.8 Å². The third-order valence-electron chi connectivity index (χ3n) is 5.27. The number of nitrogens with one attached hydrogen (secondary N) is 1. The third kappa shape index (κ3) is 5.27. The first-order valence-corrected chi connectivity index (χ1v) is 13.6. The molecule has 4 unspecified atom stereocenters. The maximum atomic E-state index is 13.4. The van der Waals surface area contributed by atoms with Crippen molar-refractivity contribution in [2.45, 2.75) is 11.7 Å². The minimum absolute atomic E-state index is 0.279. The molecule has 4 atom stereocenters. The molecule has 8 nitrogen and oxygen atoms in total. The summed E-state index contributed by atoms with van der Waals surface area (Å²) in [5.41, 5.74) is 0.279. The number of amides is 2. The van der Waals surface area contributed by atoms with Gasteiger partial charge >= 0.3 is 21.3 Å². The second-order valence-electron chi connectivity index (χ2n) is 7.29. The lowest BCUT2D eigenvalue weighted by Crippen LogP contribution is -2.44. The predicted molar refractivity (Wildman–Crippen MR) is 132 cm³/mol. The molecule has 0 radical (unpaired) electrons. The summed E-state index contributed by atoms with van der Waals surface area (Å²) >= 11 is 6.08. The van der Waals surface area contributed by atoms with Gasteiger partial charge < -0.3 is 4.74 Å². The van der Waals surface area contributed by atoms with Crippen molar-refractivity contribution in [1.29, 1.82) is 0 Å². The molecule has 1 aromatic carbocycles. The van der Waals surface area contributed by atoms with Crippen LogP contribution in [0.5, 0.6) is 0 Å². The molecule has 1 fully saturated rings. The zero-order chi connectivity index (χ0) is 24.0. The highest BCUT2D eigenvalue weighted by Crippen LogP contribution is 2.48. The molecule has 0 aromatic heterocycles. The van der Waals surface area contributed by atoms with Crippen molar-refractivity contribution in [2.75, 3.05) is 6.61 Å². The molecule has 0 aliphatic heterocycles. The third-order valence-corrected chi connectivity index (χ3v) is 9.81. The molecule has 1 saturated carbocycles. The van der Waals surface area contributed by atoms with E-state index in [1.807, 2.05) is 51.2 Å². The van der Waals surface area contributed by atoms with Crippen molar-refractivity contribution in [3.8, 4) is 0 Å². The zero-order valence-electron chi connectivity index (χ0n) is 15.7. The van der Waals surface area contributed by atoms with Crippen LogP contribution >= 0.6 is 67.8 Å². The van der Waals surface area contributed by atoms with E-state index in [-0.39, 0.29) is 5.56 Å². The van der Waals surface area contributed by atoms with Crippen LogP contribution in [0.4, 0.5) is 8.78 Å². The van der Waals surface area contributed by atoms with Crippen molar-refractivity contribution in [1.82, 2.24) is 5.32 Å². The number of esters is 1. The number of hydrogen-bond acceptors (Lipinski definition) is 6. The van der Waals surface area contributed by atoms with Crippen molar-refractivity contribution < 1.29 is 40.9 Å². The second kappa shape index (κ2) is 9.65. The van der Waals surface area contributed by atoms with Crippen LogP contribution < -0.4 is 5.32 Å². The van der Waals surface area contributed by atoms with E-state index in [0.29, 0.717) is 9.99 Å². The number of imide groups is 1. The van der Waals surface area contributed by atoms with Gasteiger partial charge in [0.25, 0.3) is 5.91 Å². The van der Waals surface area contributed by atoms with Gasteiger partial charge in [0.15, 0.2) is 6.61 Å². The zero-order valence-corrected chi connectivity index (χ0v) is 23.0.